The van der Waals surface area contributed by atoms with Crippen molar-refractivity contribution in [2.75, 3.05) is 25.9 Å². The van der Waals surface area contributed by atoms with Crippen molar-refractivity contribution in [3.8, 4) is 0 Å². The van der Waals surface area contributed by atoms with Crippen LogP contribution in [0.15, 0.2) is 63.0 Å². The van der Waals surface area contributed by atoms with Crippen molar-refractivity contribution in [3.63, 3.8) is 0 Å². The largest absolute Gasteiger partial charge is 0.469 e. The Kier molecular flexibility index (Phi) is 6.74. The van der Waals surface area contributed by atoms with Crippen LogP contribution < -0.4 is 10.6 Å². The minimum Gasteiger partial charge on any atom is -0.469 e. The molecule has 2 rings (SSSR count). The molecule has 1 heterocycles. The van der Waals surface area contributed by atoms with Gasteiger partial charge >= 0.3 is 0 Å². The van der Waals surface area contributed by atoms with Gasteiger partial charge in [-0.2, -0.15) is 0 Å². The van der Waals surface area contributed by atoms with Gasteiger partial charge in [0, 0.05) is 37.2 Å². The smallest absolute Gasteiger partial charge is 0.191 e. The molecular formula is C16H21N3OS. The summed E-state index contributed by atoms with van der Waals surface area (Å²) in [4.78, 5) is 5.50. The van der Waals surface area contributed by atoms with Gasteiger partial charge in [0.1, 0.15) is 5.76 Å². The molecule has 2 aromatic rings. The molecule has 2 N–H and O–H groups in total. The number of guanidine groups is 1. The van der Waals surface area contributed by atoms with Crippen molar-refractivity contribution in [1.29, 1.82) is 0 Å². The van der Waals surface area contributed by atoms with E-state index in [1.54, 1.807) is 13.3 Å². The molecule has 0 atom stereocenters. The maximum absolute atomic E-state index is 5.29. The third-order valence-electron chi connectivity index (χ3n) is 2.87. The molecule has 1 aromatic carbocycles. The van der Waals surface area contributed by atoms with Crippen LogP contribution in [0.5, 0.6) is 0 Å². The highest BCUT2D eigenvalue weighted by molar-refractivity contribution is 7.99. The maximum Gasteiger partial charge on any atom is 0.191 e. The average Bonchev–Trinajstić information content (AvgIpc) is 3.04. The highest BCUT2D eigenvalue weighted by atomic mass is 32.2. The Morgan fingerprint density at radius 1 is 1.10 bits per heavy atom. The number of hydrogen-bond acceptors (Lipinski definition) is 3. The zero-order chi connectivity index (χ0) is 14.8. The number of nitrogens with zero attached hydrogens (tertiary/aromatic N) is 1. The van der Waals surface area contributed by atoms with Gasteiger partial charge in [-0.1, -0.05) is 18.2 Å². The fourth-order valence-electron chi connectivity index (χ4n) is 1.83. The van der Waals surface area contributed by atoms with Gasteiger partial charge in [-0.15, -0.1) is 11.8 Å². The predicted molar refractivity (Wildman–Crippen MR) is 88.9 cm³/mol. The van der Waals surface area contributed by atoms with Crippen LogP contribution in [0.3, 0.4) is 0 Å². The standard InChI is InChI=1S/C16H21N3OS/c1-17-16(18-10-9-14-6-5-12-20-14)19-11-13-21-15-7-3-2-4-8-15/h2-8,12H,9-11,13H2,1H3,(H2,17,18,19). The van der Waals surface area contributed by atoms with Crippen LogP contribution in [0.25, 0.3) is 0 Å². The van der Waals surface area contributed by atoms with Gasteiger partial charge in [0.25, 0.3) is 0 Å². The zero-order valence-electron chi connectivity index (χ0n) is 12.2. The molecule has 5 heteroatoms. The van der Waals surface area contributed by atoms with E-state index in [9.17, 15) is 0 Å². The number of nitrogens with one attached hydrogen (secondary N) is 2. The Hall–Kier alpha value is -1.88. The molecule has 0 spiro atoms. The fraction of sp³-hybridized carbons (Fsp3) is 0.312. The lowest BCUT2D eigenvalue weighted by molar-refractivity contribution is 0.507. The summed E-state index contributed by atoms with van der Waals surface area (Å²) in [5, 5.41) is 6.58. The highest BCUT2D eigenvalue weighted by Gasteiger charge is 1.99. The molecular weight excluding hydrogens is 282 g/mol. The Labute approximate surface area is 130 Å². The first-order valence-electron chi connectivity index (χ1n) is 7.03. The van der Waals surface area contributed by atoms with Gasteiger partial charge in [0.15, 0.2) is 5.96 Å². The number of aliphatic imine (C=N–C) groups is 1. The summed E-state index contributed by atoms with van der Waals surface area (Å²) in [6.07, 6.45) is 2.55. The summed E-state index contributed by atoms with van der Waals surface area (Å²) in [5.74, 6) is 2.82. The van der Waals surface area contributed by atoms with Crippen molar-refractivity contribution in [1.82, 2.24) is 10.6 Å². The van der Waals surface area contributed by atoms with Gasteiger partial charge in [-0.3, -0.25) is 4.99 Å². The third kappa shape index (κ3) is 5.95. The monoisotopic (exact) mass is 303 g/mol. The van der Waals surface area contributed by atoms with Crippen molar-refractivity contribution >= 4 is 17.7 Å². The number of rotatable bonds is 7. The molecule has 0 unspecified atom stereocenters. The van der Waals surface area contributed by atoms with E-state index in [0.29, 0.717) is 0 Å². The van der Waals surface area contributed by atoms with Crippen LogP contribution in [0.2, 0.25) is 0 Å². The Morgan fingerprint density at radius 3 is 2.62 bits per heavy atom. The predicted octanol–water partition coefficient (Wildman–Crippen LogP) is 2.78. The van der Waals surface area contributed by atoms with E-state index in [4.69, 9.17) is 4.42 Å². The molecule has 0 aliphatic heterocycles. The molecule has 0 saturated heterocycles. The van der Waals surface area contributed by atoms with Gasteiger partial charge in [-0.25, -0.2) is 0 Å². The molecule has 112 valence electrons. The van der Waals surface area contributed by atoms with Crippen LogP contribution in [0, 0.1) is 0 Å². The fourth-order valence-corrected chi connectivity index (χ4v) is 2.62. The van der Waals surface area contributed by atoms with Crippen LogP contribution in [-0.4, -0.2) is 31.8 Å². The summed E-state index contributed by atoms with van der Waals surface area (Å²) in [6.45, 7) is 1.68. The SMILES string of the molecule is CN=C(NCCSc1ccccc1)NCCc1ccco1. The van der Waals surface area contributed by atoms with Gasteiger partial charge < -0.3 is 15.1 Å². The molecule has 0 bridgehead atoms. The third-order valence-corrected chi connectivity index (χ3v) is 3.89. The lowest BCUT2D eigenvalue weighted by Crippen LogP contribution is -2.39. The lowest BCUT2D eigenvalue weighted by Gasteiger charge is -2.11. The molecule has 0 fully saturated rings. The van der Waals surface area contributed by atoms with Crippen molar-refractivity contribution in [2.45, 2.75) is 11.3 Å². The minimum absolute atomic E-state index is 0.805. The van der Waals surface area contributed by atoms with Crippen LogP contribution >= 0.6 is 11.8 Å². The first-order valence-corrected chi connectivity index (χ1v) is 8.02. The zero-order valence-corrected chi connectivity index (χ0v) is 13.0. The lowest BCUT2D eigenvalue weighted by atomic mass is 10.3. The minimum atomic E-state index is 0.805. The summed E-state index contributed by atoms with van der Waals surface area (Å²) in [5.41, 5.74) is 0. The molecule has 21 heavy (non-hydrogen) atoms. The van der Waals surface area contributed by atoms with Gasteiger partial charge in [0.05, 0.1) is 6.26 Å². The van der Waals surface area contributed by atoms with Crippen molar-refractivity contribution in [3.05, 3.63) is 54.5 Å². The second-order valence-corrected chi connectivity index (χ2v) is 5.58. The summed E-state index contributed by atoms with van der Waals surface area (Å²) < 4.78 is 5.29. The molecule has 4 nitrogen and oxygen atoms in total. The number of thioether (sulfide) groups is 1. The molecule has 0 aliphatic rings. The van der Waals surface area contributed by atoms with Crippen LogP contribution in [-0.2, 0) is 6.42 Å². The van der Waals surface area contributed by atoms with Crippen molar-refractivity contribution < 1.29 is 4.42 Å². The summed E-state index contributed by atoms with van der Waals surface area (Å²) in [7, 11) is 1.78. The second kappa shape index (κ2) is 9.13. The number of furan rings is 1. The molecule has 0 radical (unpaired) electrons. The molecule has 0 amide bonds. The summed E-state index contributed by atoms with van der Waals surface area (Å²) in [6, 6.07) is 14.3. The van der Waals surface area contributed by atoms with Crippen LogP contribution in [0.1, 0.15) is 5.76 Å². The van der Waals surface area contributed by atoms with Gasteiger partial charge in [0.2, 0.25) is 0 Å². The topological polar surface area (TPSA) is 49.6 Å². The normalized spacial score (nSPS) is 11.4. The summed E-state index contributed by atoms with van der Waals surface area (Å²) >= 11 is 1.83. The Bertz CT molecular complexity index is 526. The van der Waals surface area contributed by atoms with E-state index in [1.165, 1.54) is 4.90 Å². The highest BCUT2D eigenvalue weighted by Crippen LogP contribution is 2.15. The first kappa shape index (κ1) is 15.5. The van der Waals surface area contributed by atoms with Gasteiger partial charge in [-0.05, 0) is 24.3 Å². The quantitative estimate of drug-likeness (QED) is 0.357. The van der Waals surface area contributed by atoms with E-state index in [2.05, 4.69) is 39.9 Å². The average molecular weight is 303 g/mol. The van der Waals surface area contributed by atoms with E-state index in [1.807, 2.05) is 30.0 Å². The van der Waals surface area contributed by atoms with Crippen LogP contribution in [0.4, 0.5) is 0 Å². The van der Waals surface area contributed by atoms with E-state index >= 15 is 0 Å². The molecule has 1 aromatic heterocycles. The molecule has 0 aliphatic carbocycles. The Balaban J connectivity index is 1.59. The van der Waals surface area contributed by atoms with E-state index < -0.39 is 0 Å². The number of benzene rings is 1. The van der Waals surface area contributed by atoms with Crippen molar-refractivity contribution in [2.24, 2.45) is 4.99 Å². The second-order valence-electron chi connectivity index (χ2n) is 4.42. The number of hydrogen-bond donors (Lipinski definition) is 2. The van der Waals surface area contributed by atoms with E-state index in [0.717, 1.165) is 37.0 Å². The molecule has 0 saturated carbocycles. The first-order chi connectivity index (χ1) is 10.4. The Morgan fingerprint density at radius 2 is 1.90 bits per heavy atom. The van der Waals surface area contributed by atoms with E-state index in [-0.39, 0.29) is 0 Å². The maximum atomic E-state index is 5.29.